The van der Waals surface area contributed by atoms with Gasteiger partial charge in [0.05, 0.1) is 23.0 Å². The molecule has 0 bridgehead atoms. The largest absolute Gasteiger partial charge is 0.458 e. The summed E-state index contributed by atoms with van der Waals surface area (Å²) in [7, 11) is -2.31. The lowest BCUT2D eigenvalue weighted by molar-refractivity contribution is -0.287. The third-order valence-corrected chi connectivity index (χ3v) is 5.16. The zero-order valence-electron chi connectivity index (χ0n) is 10.2. The van der Waals surface area contributed by atoms with Gasteiger partial charge in [-0.15, -0.1) is 11.3 Å². The van der Waals surface area contributed by atoms with E-state index in [0.29, 0.717) is 6.07 Å². The minimum absolute atomic E-state index is 0.0694. The fourth-order valence-corrected chi connectivity index (χ4v) is 3.93. The first-order chi connectivity index (χ1) is 8.99. The minimum Gasteiger partial charge on any atom is -0.384 e. The van der Waals surface area contributed by atoms with Gasteiger partial charge in [0.25, 0.3) is 0 Å². The first-order valence-corrected chi connectivity index (χ1v) is 7.86. The first-order valence-electron chi connectivity index (χ1n) is 5.23. The van der Waals surface area contributed by atoms with Gasteiger partial charge in [-0.3, -0.25) is 0 Å². The minimum atomic E-state index is -5.70. The van der Waals surface area contributed by atoms with Gasteiger partial charge < -0.3 is 4.74 Å². The van der Waals surface area contributed by atoms with E-state index in [2.05, 4.69) is 4.74 Å². The molecule has 0 saturated carbocycles. The Morgan fingerprint density at radius 2 is 1.80 bits per heavy atom. The maximum absolute atomic E-state index is 13.0. The van der Waals surface area contributed by atoms with Crippen molar-refractivity contribution in [1.29, 1.82) is 0 Å². The second-order valence-electron chi connectivity index (χ2n) is 3.92. The van der Waals surface area contributed by atoms with Gasteiger partial charge >= 0.3 is 12.1 Å². The third kappa shape index (κ3) is 4.13. The van der Waals surface area contributed by atoms with Crippen molar-refractivity contribution >= 4 is 21.2 Å². The zero-order valence-corrected chi connectivity index (χ0v) is 11.8. The Hall–Kier alpha value is -0.740. The Labute approximate surface area is 116 Å². The number of sulfone groups is 1. The maximum Gasteiger partial charge on any atom is 0.458 e. The Kier molecular flexibility index (Phi) is 5.14. The van der Waals surface area contributed by atoms with Crippen molar-refractivity contribution in [3.05, 3.63) is 21.9 Å². The van der Waals surface area contributed by atoms with Gasteiger partial charge in [0.2, 0.25) is 0 Å². The molecule has 0 aromatic carbocycles. The van der Waals surface area contributed by atoms with Gasteiger partial charge in [0, 0.05) is 12.0 Å². The van der Waals surface area contributed by atoms with E-state index < -0.39 is 32.6 Å². The topological polar surface area (TPSA) is 43.4 Å². The van der Waals surface area contributed by atoms with Crippen LogP contribution in [0.15, 0.2) is 12.1 Å². The Bertz CT molecular complexity index is 547. The van der Waals surface area contributed by atoms with Crippen molar-refractivity contribution in [1.82, 2.24) is 0 Å². The number of hydrogen-bond donors (Lipinski definition) is 0. The molecule has 1 aromatic rings. The van der Waals surface area contributed by atoms with Gasteiger partial charge in [0.1, 0.15) is 0 Å². The van der Waals surface area contributed by atoms with Crippen molar-refractivity contribution < 1.29 is 35.1 Å². The summed E-state index contributed by atoms with van der Waals surface area (Å²) in [6.07, 6.45) is -5.70. The van der Waals surface area contributed by atoms with Crippen LogP contribution in [-0.2, 0) is 26.2 Å². The smallest absolute Gasteiger partial charge is 0.384 e. The van der Waals surface area contributed by atoms with E-state index in [1.807, 2.05) is 0 Å². The van der Waals surface area contributed by atoms with Crippen LogP contribution in [-0.4, -0.2) is 34.1 Å². The van der Waals surface area contributed by atoms with E-state index in [1.54, 1.807) is 0 Å². The maximum atomic E-state index is 13.0. The third-order valence-electron chi connectivity index (χ3n) is 2.29. The molecule has 0 saturated heterocycles. The monoisotopic (exact) mass is 338 g/mol. The summed E-state index contributed by atoms with van der Waals surface area (Å²) in [5, 5.41) is 0. The van der Waals surface area contributed by atoms with Crippen LogP contribution in [0.4, 0.5) is 22.0 Å². The van der Waals surface area contributed by atoms with Crippen LogP contribution in [0.25, 0.3) is 0 Å². The quantitative estimate of drug-likeness (QED) is 0.749. The Morgan fingerprint density at radius 1 is 1.20 bits per heavy atom. The van der Waals surface area contributed by atoms with Gasteiger partial charge in [-0.05, 0) is 12.1 Å². The van der Waals surface area contributed by atoms with E-state index in [1.165, 1.54) is 7.11 Å². The molecule has 0 atom stereocenters. The number of hydrogen-bond acceptors (Lipinski definition) is 4. The Morgan fingerprint density at radius 3 is 2.30 bits per heavy atom. The van der Waals surface area contributed by atoms with Crippen LogP contribution in [0.1, 0.15) is 9.75 Å². The second-order valence-corrected chi connectivity index (χ2v) is 7.28. The molecule has 0 aliphatic rings. The summed E-state index contributed by atoms with van der Waals surface area (Å²) in [6, 6.07) is 1.56. The van der Waals surface area contributed by atoms with Gasteiger partial charge in [-0.25, -0.2) is 8.42 Å². The molecule has 0 fully saturated rings. The fourth-order valence-electron chi connectivity index (χ4n) is 1.26. The zero-order chi connectivity index (χ0) is 15.6. The van der Waals surface area contributed by atoms with Gasteiger partial charge in [-0.2, -0.15) is 22.0 Å². The molecule has 0 aliphatic carbocycles. The molecule has 20 heavy (non-hydrogen) atoms. The molecule has 116 valence electrons. The molecule has 0 radical (unpaired) electrons. The van der Waals surface area contributed by atoms with Crippen LogP contribution in [0.3, 0.4) is 0 Å². The first kappa shape index (κ1) is 17.3. The summed E-state index contributed by atoms with van der Waals surface area (Å²) in [5.74, 6) is -5.90. The van der Waals surface area contributed by atoms with E-state index in [9.17, 15) is 30.4 Å². The molecule has 0 aliphatic heterocycles. The highest BCUT2D eigenvalue weighted by atomic mass is 32.2. The molecule has 0 N–H and O–H groups in total. The van der Waals surface area contributed by atoms with Crippen LogP contribution in [0, 0.1) is 0 Å². The molecule has 0 spiro atoms. The Balaban J connectivity index is 2.89. The molecule has 1 rings (SSSR count). The number of alkyl halides is 5. The molecule has 1 aromatic heterocycles. The molecular formula is C10H11F5O3S2. The molecular weight excluding hydrogens is 327 g/mol. The predicted molar refractivity (Wildman–Crippen MR) is 63.6 cm³/mol. The highest BCUT2D eigenvalue weighted by Crippen LogP contribution is 2.46. The highest BCUT2D eigenvalue weighted by molar-refractivity contribution is 7.90. The lowest BCUT2D eigenvalue weighted by Gasteiger charge is -2.17. The summed E-state index contributed by atoms with van der Waals surface area (Å²) >= 11 is 0.137. The standard InChI is InChI=1S/C10H11F5O3S2/c1-18-4-5-20(16,17)6-7-2-3-8(19-7)9(11,12)10(13,14)15/h2-3H,4-6H2,1H3. The number of rotatable bonds is 6. The van der Waals surface area contributed by atoms with Crippen molar-refractivity contribution in [2.24, 2.45) is 0 Å². The van der Waals surface area contributed by atoms with Crippen LogP contribution in [0.2, 0.25) is 0 Å². The van der Waals surface area contributed by atoms with Crippen LogP contribution < -0.4 is 0 Å². The molecule has 0 unspecified atom stereocenters. The summed E-state index contributed by atoms with van der Waals surface area (Å²) < 4.78 is 90.2. The van der Waals surface area contributed by atoms with E-state index in [-0.39, 0.29) is 28.6 Å². The summed E-state index contributed by atoms with van der Waals surface area (Å²) in [6.45, 7) is -0.0702. The van der Waals surface area contributed by atoms with Crippen molar-refractivity contribution in [3.8, 4) is 0 Å². The van der Waals surface area contributed by atoms with Gasteiger partial charge in [0.15, 0.2) is 9.84 Å². The molecule has 1 heterocycles. The molecule has 10 heteroatoms. The van der Waals surface area contributed by atoms with E-state index in [0.717, 1.165) is 6.07 Å². The lowest BCUT2D eigenvalue weighted by atomic mass is 10.2. The second kappa shape index (κ2) is 5.94. The average molecular weight is 338 g/mol. The van der Waals surface area contributed by atoms with Crippen molar-refractivity contribution in [2.75, 3.05) is 19.5 Å². The molecule has 3 nitrogen and oxygen atoms in total. The van der Waals surface area contributed by atoms with E-state index >= 15 is 0 Å². The molecule has 0 amide bonds. The van der Waals surface area contributed by atoms with Crippen molar-refractivity contribution in [2.45, 2.75) is 17.9 Å². The van der Waals surface area contributed by atoms with Crippen LogP contribution in [0.5, 0.6) is 0 Å². The SMILES string of the molecule is COCCS(=O)(=O)Cc1ccc(C(F)(F)C(F)(F)F)s1. The summed E-state index contributed by atoms with van der Waals surface area (Å²) in [5.41, 5.74) is 0. The van der Waals surface area contributed by atoms with E-state index in [4.69, 9.17) is 0 Å². The fraction of sp³-hybridized carbons (Fsp3) is 0.600. The summed E-state index contributed by atoms with van der Waals surface area (Å²) in [4.78, 5) is -1.29. The number of halogens is 5. The van der Waals surface area contributed by atoms with Gasteiger partial charge in [-0.1, -0.05) is 0 Å². The van der Waals surface area contributed by atoms with Crippen LogP contribution >= 0.6 is 11.3 Å². The van der Waals surface area contributed by atoms with Crippen molar-refractivity contribution in [3.63, 3.8) is 0 Å². The number of thiophene rings is 1. The number of methoxy groups -OCH3 is 1. The normalized spacial score (nSPS) is 13.7. The lowest BCUT2D eigenvalue weighted by Crippen LogP contribution is -2.32. The predicted octanol–water partition coefficient (Wildman–Crippen LogP) is 2.96. The highest BCUT2D eigenvalue weighted by Gasteiger charge is 2.59. The average Bonchev–Trinajstić information content (AvgIpc) is 2.73. The number of ether oxygens (including phenoxy) is 1.